The van der Waals surface area contributed by atoms with Gasteiger partial charge in [0.15, 0.2) is 5.13 Å². The molecule has 0 saturated carbocycles. The lowest BCUT2D eigenvalue weighted by atomic mass is 10.0. The number of carbonyl (C=O) groups is 1. The van der Waals surface area contributed by atoms with Crippen molar-refractivity contribution in [2.45, 2.75) is 27.2 Å². The molecule has 3 aromatic rings. The summed E-state index contributed by atoms with van der Waals surface area (Å²) in [5.74, 6) is 0.662. The highest BCUT2D eigenvalue weighted by Crippen LogP contribution is 2.34. The molecule has 3 rings (SSSR count). The lowest BCUT2D eigenvalue weighted by Crippen LogP contribution is -2.14. The minimum Gasteiger partial charge on any atom is -0.494 e. The molecule has 4 nitrogen and oxygen atoms in total. The molecule has 0 unspecified atom stereocenters. The van der Waals surface area contributed by atoms with Gasteiger partial charge in [-0.3, -0.25) is 4.79 Å². The number of hydrogen-bond acceptors (Lipinski definition) is 4. The summed E-state index contributed by atoms with van der Waals surface area (Å²) in [6.07, 6.45) is 0.340. The monoisotopic (exact) mass is 340 g/mol. The molecule has 0 aliphatic heterocycles. The van der Waals surface area contributed by atoms with Crippen LogP contribution in [0.4, 0.5) is 5.13 Å². The summed E-state index contributed by atoms with van der Waals surface area (Å²) >= 11 is 1.47. The van der Waals surface area contributed by atoms with Crippen LogP contribution in [0.2, 0.25) is 0 Å². The van der Waals surface area contributed by atoms with Gasteiger partial charge in [0.2, 0.25) is 5.91 Å². The van der Waals surface area contributed by atoms with E-state index in [1.165, 1.54) is 22.5 Å². The standard InChI is InChI=1S/C19H20N2O2S/c1-11-5-7-14(9-13(11)3)10-16(22)20-19-21-17-15(23-4)8-6-12(2)18(17)24-19/h5-9H,10H2,1-4H3,(H,20,21,22). The Morgan fingerprint density at radius 3 is 2.58 bits per heavy atom. The molecule has 0 bridgehead atoms. The predicted molar refractivity (Wildman–Crippen MR) is 99.2 cm³/mol. The molecular weight excluding hydrogens is 320 g/mol. The van der Waals surface area contributed by atoms with Crippen LogP contribution in [0.3, 0.4) is 0 Å². The van der Waals surface area contributed by atoms with E-state index in [0.717, 1.165) is 27.1 Å². The van der Waals surface area contributed by atoms with E-state index in [1.807, 2.05) is 31.2 Å². The summed E-state index contributed by atoms with van der Waals surface area (Å²) in [4.78, 5) is 16.8. The minimum absolute atomic E-state index is 0.0612. The van der Waals surface area contributed by atoms with E-state index in [4.69, 9.17) is 4.74 Å². The molecule has 24 heavy (non-hydrogen) atoms. The second-order valence-electron chi connectivity index (χ2n) is 5.93. The first kappa shape index (κ1) is 16.5. The molecule has 1 amide bonds. The number of rotatable bonds is 4. The summed E-state index contributed by atoms with van der Waals surface area (Å²) < 4.78 is 6.39. The molecule has 1 N–H and O–H groups in total. The molecule has 2 aromatic carbocycles. The van der Waals surface area contributed by atoms with E-state index in [0.29, 0.717) is 11.6 Å². The van der Waals surface area contributed by atoms with Crippen molar-refractivity contribution in [1.82, 2.24) is 4.98 Å². The number of benzene rings is 2. The number of amides is 1. The third-order valence-electron chi connectivity index (χ3n) is 4.11. The molecule has 1 aromatic heterocycles. The highest BCUT2D eigenvalue weighted by molar-refractivity contribution is 7.22. The van der Waals surface area contributed by atoms with Gasteiger partial charge in [0.05, 0.1) is 18.2 Å². The van der Waals surface area contributed by atoms with Gasteiger partial charge in [0, 0.05) is 0 Å². The van der Waals surface area contributed by atoms with Crippen LogP contribution < -0.4 is 10.1 Å². The predicted octanol–water partition coefficient (Wildman–Crippen LogP) is 4.41. The average molecular weight is 340 g/mol. The number of ether oxygens (including phenoxy) is 1. The Bertz CT molecular complexity index is 915. The van der Waals surface area contributed by atoms with E-state index in [1.54, 1.807) is 7.11 Å². The van der Waals surface area contributed by atoms with Crippen molar-refractivity contribution in [2.24, 2.45) is 0 Å². The van der Waals surface area contributed by atoms with Crippen molar-refractivity contribution < 1.29 is 9.53 Å². The summed E-state index contributed by atoms with van der Waals surface area (Å²) in [5.41, 5.74) is 5.35. The zero-order valence-corrected chi connectivity index (χ0v) is 15.1. The maximum Gasteiger partial charge on any atom is 0.230 e. The molecule has 1 heterocycles. The number of hydrogen-bond donors (Lipinski definition) is 1. The number of aromatic nitrogens is 1. The first-order valence-corrected chi connectivity index (χ1v) is 8.59. The number of fused-ring (bicyclic) bond motifs is 1. The van der Waals surface area contributed by atoms with Gasteiger partial charge >= 0.3 is 0 Å². The molecule has 0 radical (unpaired) electrons. The van der Waals surface area contributed by atoms with Crippen LogP contribution >= 0.6 is 11.3 Å². The topological polar surface area (TPSA) is 51.2 Å². The first-order chi connectivity index (χ1) is 11.5. The minimum atomic E-state index is -0.0612. The van der Waals surface area contributed by atoms with Gasteiger partial charge in [-0.2, -0.15) is 0 Å². The van der Waals surface area contributed by atoms with Crippen LogP contribution in [0.1, 0.15) is 22.3 Å². The lowest BCUT2D eigenvalue weighted by molar-refractivity contribution is -0.115. The highest BCUT2D eigenvalue weighted by Gasteiger charge is 2.13. The van der Waals surface area contributed by atoms with Crippen LogP contribution in [-0.4, -0.2) is 18.0 Å². The third-order valence-corrected chi connectivity index (χ3v) is 5.21. The maximum absolute atomic E-state index is 12.3. The fraction of sp³-hybridized carbons (Fsp3) is 0.263. The number of anilines is 1. The Kier molecular flexibility index (Phi) is 4.53. The molecule has 5 heteroatoms. The summed E-state index contributed by atoms with van der Waals surface area (Å²) in [6, 6.07) is 10.00. The Morgan fingerprint density at radius 2 is 1.88 bits per heavy atom. The summed E-state index contributed by atoms with van der Waals surface area (Å²) in [5, 5.41) is 3.51. The Morgan fingerprint density at radius 1 is 1.12 bits per heavy atom. The van der Waals surface area contributed by atoms with E-state index in [9.17, 15) is 4.79 Å². The van der Waals surface area contributed by atoms with E-state index in [-0.39, 0.29) is 5.91 Å². The van der Waals surface area contributed by atoms with Gasteiger partial charge in [-0.1, -0.05) is 35.6 Å². The Hall–Kier alpha value is -2.40. The molecule has 124 valence electrons. The van der Waals surface area contributed by atoms with Crippen LogP contribution in [0.5, 0.6) is 5.75 Å². The van der Waals surface area contributed by atoms with Crippen LogP contribution in [-0.2, 0) is 11.2 Å². The SMILES string of the molecule is COc1ccc(C)c2sc(NC(=O)Cc3ccc(C)c(C)c3)nc12. The third kappa shape index (κ3) is 3.26. The quantitative estimate of drug-likeness (QED) is 0.765. The molecule has 0 aliphatic rings. The average Bonchev–Trinajstić information content (AvgIpc) is 2.96. The number of carbonyl (C=O) groups excluding carboxylic acids is 1. The van der Waals surface area contributed by atoms with Crippen molar-refractivity contribution >= 4 is 32.6 Å². The fourth-order valence-electron chi connectivity index (χ4n) is 2.59. The van der Waals surface area contributed by atoms with Gasteiger partial charge < -0.3 is 10.1 Å². The summed E-state index contributed by atoms with van der Waals surface area (Å²) in [6.45, 7) is 6.15. The van der Waals surface area contributed by atoms with Crippen molar-refractivity contribution in [3.8, 4) is 5.75 Å². The largest absolute Gasteiger partial charge is 0.494 e. The van der Waals surface area contributed by atoms with Crippen LogP contribution in [0.15, 0.2) is 30.3 Å². The van der Waals surface area contributed by atoms with Crippen LogP contribution in [0, 0.1) is 20.8 Å². The Balaban J connectivity index is 1.80. The maximum atomic E-state index is 12.3. The molecular formula is C19H20N2O2S. The second-order valence-corrected chi connectivity index (χ2v) is 6.92. The van der Waals surface area contributed by atoms with Gasteiger partial charge in [-0.05, 0) is 49.1 Å². The van der Waals surface area contributed by atoms with E-state index >= 15 is 0 Å². The van der Waals surface area contributed by atoms with Crippen molar-refractivity contribution in [3.63, 3.8) is 0 Å². The van der Waals surface area contributed by atoms with Crippen LogP contribution in [0.25, 0.3) is 10.2 Å². The zero-order chi connectivity index (χ0) is 17.3. The second kappa shape index (κ2) is 6.61. The number of nitrogens with one attached hydrogen (secondary N) is 1. The molecule has 0 fully saturated rings. The number of nitrogens with zero attached hydrogens (tertiary/aromatic N) is 1. The molecule has 0 atom stereocenters. The Labute approximate surface area is 145 Å². The molecule has 0 aliphatic carbocycles. The van der Waals surface area contributed by atoms with Gasteiger partial charge in [0.1, 0.15) is 11.3 Å². The normalized spacial score (nSPS) is 10.8. The number of methoxy groups -OCH3 is 1. The molecule has 0 saturated heterocycles. The van der Waals surface area contributed by atoms with Crippen molar-refractivity contribution in [3.05, 3.63) is 52.6 Å². The molecule has 0 spiro atoms. The van der Waals surface area contributed by atoms with E-state index in [2.05, 4.69) is 30.2 Å². The van der Waals surface area contributed by atoms with Gasteiger partial charge in [0.25, 0.3) is 0 Å². The lowest BCUT2D eigenvalue weighted by Gasteiger charge is -2.05. The van der Waals surface area contributed by atoms with E-state index < -0.39 is 0 Å². The van der Waals surface area contributed by atoms with Crippen molar-refractivity contribution in [1.29, 1.82) is 0 Å². The van der Waals surface area contributed by atoms with Gasteiger partial charge in [-0.15, -0.1) is 0 Å². The fourth-order valence-corrected chi connectivity index (χ4v) is 3.56. The highest BCUT2D eigenvalue weighted by atomic mass is 32.1. The zero-order valence-electron chi connectivity index (χ0n) is 14.3. The smallest absolute Gasteiger partial charge is 0.230 e. The first-order valence-electron chi connectivity index (χ1n) is 7.78. The number of thiazole rings is 1. The van der Waals surface area contributed by atoms with Gasteiger partial charge in [-0.25, -0.2) is 4.98 Å². The summed E-state index contributed by atoms with van der Waals surface area (Å²) in [7, 11) is 1.63. The van der Waals surface area contributed by atoms with Crippen molar-refractivity contribution in [2.75, 3.05) is 12.4 Å². The number of aryl methyl sites for hydroxylation is 3.